The molecule has 48 heavy (non-hydrogen) atoms. The molecule has 0 aliphatic heterocycles. The smallest absolute Gasteiger partial charge is 0.310 e. The van der Waals surface area contributed by atoms with Gasteiger partial charge in [-0.3, -0.25) is 14.4 Å². The van der Waals surface area contributed by atoms with Crippen molar-refractivity contribution in [1.82, 2.24) is 21.5 Å². The van der Waals surface area contributed by atoms with Gasteiger partial charge in [-0.2, -0.15) is 0 Å². The van der Waals surface area contributed by atoms with E-state index in [1.807, 2.05) is 30.3 Å². The summed E-state index contributed by atoms with van der Waals surface area (Å²) in [5.41, 5.74) is 15.1. The highest BCUT2D eigenvalue weighted by Crippen LogP contribution is 2.10. The second kappa shape index (κ2) is 26.1. The van der Waals surface area contributed by atoms with Crippen molar-refractivity contribution in [2.75, 3.05) is 13.1 Å². The molecular formula is C30H50N10O8. The average molecular weight is 679 g/mol. The van der Waals surface area contributed by atoms with Gasteiger partial charge in [0.25, 0.3) is 11.9 Å². The van der Waals surface area contributed by atoms with E-state index in [0.29, 0.717) is 25.9 Å². The van der Waals surface area contributed by atoms with E-state index in [1.165, 1.54) is 0 Å². The van der Waals surface area contributed by atoms with Gasteiger partial charge in [0.1, 0.15) is 12.8 Å². The number of aliphatic imine (C=N–C) groups is 2. The number of guanidine groups is 2. The number of nitrogens with two attached hydrogens (primary N) is 2. The Morgan fingerprint density at radius 2 is 1.10 bits per heavy atom. The van der Waals surface area contributed by atoms with E-state index >= 15 is 0 Å². The molecule has 1 aromatic carbocycles. The Morgan fingerprint density at radius 3 is 1.54 bits per heavy atom. The first-order valence-electron chi connectivity index (χ1n) is 16.3. The van der Waals surface area contributed by atoms with Gasteiger partial charge in [-0.05, 0) is 31.2 Å². The number of rotatable bonds is 26. The van der Waals surface area contributed by atoms with Crippen LogP contribution in [0.4, 0.5) is 0 Å². The quantitative estimate of drug-likeness (QED) is 0.0157. The Balaban J connectivity index is 2.38. The van der Waals surface area contributed by atoms with Crippen LogP contribution < -0.4 is 33.0 Å². The number of hydrogen-bond donors (Lipinski definition) is 6. The zero-order valence-corrected chi connectivity index (χ0v) is 27.4. The van der Waals surface area contributed by atoms with Crippen molar-refractivity contribution in [3.63, 3.8) is 0 Å². The summed E-state index contributed by atoms with van der Waals surface area (Å²) in [5.74, 6) is -1.56. The number of nitro groups is 2. The number of hydrogen-bond acceptors (Lipinski definition) is 10. The number of esters is 1. The lowest BCUT2D eigenvalue weighted by molar-refractivity contribution is -0.525. The summed E-state index contributed by atoms with van der Waals surface area (Å²) in [7, 11) is 0. The van der Waals surface area contributed by atoms with Crippen LogP contribution in [0.15, 0.2) is 40.3 Å². The molecule has 0 heterocycles. The number of unbranched alkanes of at least 4 members (excludes halogenated alkanes) is 10. The van der Waals surface area contributed by atoms with Crippen molar-refractivity contribution in [2.24, 2.45) is 21.5 Å². The fourth-order valence-corrected chi connectivity index (χ4v) is 4.50. The molecule has 0 atom stereocenters. The van der Waals surface area contributed by atoms with Gasteiger partial charge in [0.05, 0.1) is 6.42 Å². The second-order valence-electron chi connectivity index (χ2n) is 11.1. The van der Waals surface area contributed by atoms with Crippen LogP contribution >= 0.6 is 0 Å². The molecule has 268 valence electrons. The van der Waals surface area contributed by atoms with Gasteiger partial charge in [-0.25, -0.2) is 30.2 Å². The topological polar surface area (TPSA) is 272 Å². The molecule has 0 fully saturated rings. The molecule has 0 aromatic heterocycles. The van der Waals surface area contributed by atoms with Gasteiger partial charge >= 0.3 is 5.97 Å². The third kappa shape index (κ3) is 24.2. The standard InChI is InChI=1S/C30H50N10O8/c31-29(37-39(44)45)33-20-14-7-3-1-5-12-18-26(41)35-25(22-28(43)48-23-24-16-10-9-11-17-24)36-27(42)19-13-6-2-4-8-15-21-34-30(32)38-40(46)47/h9-11,16-17,25H,1-8,12-15,18-23H2,(H,35,41)(H,36,42)(H3,31,33,37)(H3,32,34,38). The summed E-state index contributed by atoms with van der Waals surface area (Å²) in [6.07, 6.45) is 9.13. The molecule has 18 nitrogen and oxygen atoms in total. The van der Waals surface area contributed by atoms with Crippen molar-refractivity contribution >= 4 is 29.7 Å². The minimum absolute atomic E-state index is 0.0826. The Morgan fingerprint density at radius 1 is 0.688 bits per heavy atom. The molecule has 1 rings (SSSR count). The van der Waals surface area contributed by atoms with E-state index in [1.54, 1.807) is 10.9 Å². The van der Waals surface area contributed by atoms with Crippen LogP contribution in [0.5, 0.6) is 0 Å². The number of nitrogens with zero attached hydrogens (tertiary/aromatic N) is 4. The number of carbonyl (C=O) groups excluding carboxylic acids is 3. The van der Waals surface area contributed by atoms with Crippen molar-refractivity contribution < 1.29 is 29.2 Å². The van der Waals surface area contributed by atoms with Crippen LogP contribution in [-0.2, 0) is 25.7 Å². The first kappa shape index (κ1) is 41.0. The van der Waals surface area contributed by atoms with Gasteiger partial charge < -0.3 is 26.8 Å². The van der Waals surface area contributed by atoms with Crippen LogP contribution in [0.1, 0.15) is 102 Å². The lowest BCUT2D eigenvalue weighted by Crippen LogP contribution is -2.49. The number of hydrazine groups is 2. The van der Waals surface area contributed by atoms with Gasteiger partial charge in [0, 0.05) is 25.9 Å². The maximum atomic E-state index is 12.7. The Hall–Kier alpha value is -5.03. The fraction of sp³-hybridized carbons (Fsp3) is 0.633. The van der Waals surface area contributed by atoms with Crippen LogP contribution in [0.3, 0.4) is 0 Å². The summed E-state index contributed by atoms with van der Waals surface area (Å²) < 4.78 is 5.35. The largest absolute Gasteiger partial charge is 0.461 e. The maximum absolute atomic E-state index is 12.7. The van der Waals surface area contributed by atoms with E-state index in [-0.39, 0.29) is 49.6 Å². The summed E-state index contributed by atoms with van der Waals surface area (Å²) in [6, 6.07) is 9.19. The maximum Gasteiger partial charge on any atom is 0.310 e. The minimum Gasteiger partial charge on any atom is -0.461 e. The summed E-state index contributed by atoms with van der Waals surface area (Å²) in [5, 5.41) is 24.6. The number of nitrogens with one attached hydrogen (secondary N) is 4. The summed E-state index contributed by atoms with van der Waals surface area (Å²) in [6.45, 7) is 0.855. The first-order valence-corrected chi connectivity index (χ1v) is 16.3. The van der Waals surface area contributed by atoms with E-state index < -0.39 is 22.2 Å². The van der Waals surface area contributed by atoms with Gasteiger partial charge in [0.15, 0.2) is 10.1 Å². The second-order valence-corrected chi connectivity index (χ2v) is 11.1. The molecule has 0 aliphatic carbocycles. The average Bonchev–Trinajstić information content (AvgIpc) is 3.02. The number of benzene rings is 1. The predicted octanol–water partition coefficient (Wildman–Crippen LogP) is 2.33. The molecule has 0 radical (unpaired) electrons. The van der Waals surface area contributed by atoms with Gasteiger partial charge in [0.2, 0.25) is 11.8 Å². The molecule has 0 saturated carbocycles. The zero-order chi connectivity index (χ0) is 35.4. The van der Waals surface area contributed by atoms with Gasteiger partial charge in [-0.15, -0.1) is 0 Å². The van der Waals surface area contributed by atoms with E-state index in [4.69, 9.17) is 16.2 Å². The number of amides is 2. The number of carbonyl (C=O) groups is 3. The SMILES string of the molecule is NC(=NCCCCCCCCC(=O)NC(CC(=O)OCc1ccccc1)NC(=O)CCCCCCCCN=C(N)N[N+](=O)[O-])N[N+](=O)[O-]. The lowest BCUT2D eigenvalue weighted by atomic mass is 10.1. The van der Waals surface area contributed by atoms with Crippen molar-refractivity contribution in [3.05, 3.63) is 56.1 Å². The van der Waals surface area contributed by atoms with Gasteiger partial charge in [-0.1, -0.05) is 92.5 Å². The molecule has 0 bridgehead atoms. The Bertz CT molecular complexity index is 1120. The highest BCUT2D eigenvalue weighted by molar-refractivity contribution is 5.81. The number of ether oxygens (including phenoxy) is 1. The molecule has 1 aromatic rings. The summed E-state index contributed by atoms with van der Waals surface area (Å²) >= 11 is 0. The fourth-order valence-electron chi connectivity index (χ4n) is 4.50. The van der Waals surface area contributed by atoms with Crippen LogP contribution in [0.25, 0.3) is 0 Å². The van der Waals surface area contributed by atoms with Crippen LogP contribution in [-0.4, -0.2) is 59.0 Å². The van der Waals surface area contributed by atoms with E-state index in [9.17, 15) is 34.6 Å². The monoisotopic (exact) mass is 678 g/mol. The molecular weight excluding hydrogens is 628 g/mol. The first-order chi connectivity index (χ1) is 23.0. The lowest BCUT2D eigenvalue weighted by Gasteiger charge is -2.20. The highest BCUT2D eigenvalue weighted by Gasteiger charge is 2.19. The molecule has 2 amide bonds. The van der Waals surface area contributed by atoms with Crippen molar-refractivity contribution in [2.45, 2.75) is 109 Å². The normalized spacial score (nSPS) is 12.1. The molecule has 8 N–H and O–H groups in total. The highest BCUT2D eigenvalue weighted by atomic mass is 16.7. The van der Waals surface area contributed by atoms with E-state index in [0.717, 1.165) is 69.8 Å². The minimum atomic E-state index is -0.899. The van der Waals surface area contributed by atoms with Crippen LogP contribution in [0.2, 0.25) is 0 Å². The zero-order valence-electron chi connectivity index (χ0n) is 27.4. The predicted molar refractivity (Wildman–Crippen MR) is 179 cm³/mol. The molecule has 0 saturated heterocycles. The Kier molecular flexibility index (Phi) is 22.3. The van der Waals surface area contributed by atoms with Crippen LogP contribution in [0, 0.1) is 20.2 Å². The molecule has 0 unspecified atom stereocenters. The Labute approximate surface area is 280 Å². The molecule has 0 aliphatic rings. The molecule has 18 heteroatoms. The van der Waals surface area contributed by atoms with Crippen molar-refractivity contribution in [1.29, 1.82) is 0 Å². The molecule has 0 spiro atoms. The third-order valence-corrected chi connectivity index (χ3v) is 6.88. The van der Waals surface area contributed by atoms with Crippen molar-refractivity contribution in [3.8, 4) is 0 Å². The summed E-state index contributed by atoms with van der Waals surface area (Å²) in [4.78, 5) is 66.2. The third-order valence-electron chi connectivity index (χ3n) is 6.88. The van der Waals surface area contributed by atoms with E-state index in [2.05, 4.69) is 20.6 Å².